The largest absolute Gasteiger partial charge is 0.504 e. The maximum atomic E-state index is 12.8. The average molecular weight is 355 g/mol. The molecule has 0 radical (unpaired) electrons. The van der Waals surface area contributed by atoms with Crippen LogP contribution in [0.5, 0.6) is 5.75 Å². The normalized spacial score (nSPS) is 15.1. The van der Waals surface area contributed by atoms with Crippen molar-refractivity contribution in [1.29, 1.82) is 0 Å². The summed E-state index contributed by atoms with van der Waals surface area (Å²) in [5, 5.41) is 23.7. The Kier molecular flexibility index (Phi) is 3.73. The van der Waals surface area contributed by atoms with E-state index in [0.29, 0.717) is 25.3 Å². The molecule has 1 amide bonds. The van der Waals surface area contributed by atoms with E-state index < -0.39 is 17.6 Å². The van der Waals surface area contributed by atoms with Gasteiger partial charge in [-0.15, -0.1) is 0 Å². The van der Waals surface area contributed by atoms with Gasteiger partial charge in [0.15, 0.2) is 11.4 Å². The van der Waals surface area contributed by atoms with E-state index in [-0.39, 0.29) is 17.0 Å². The summed E-state index contributed by atoms with van der Waals surface area (Å²) < 4.78 is 2.91. The number of aromatic hydroxyl groups is 1. The molecule has 0 saturated heterocycles. The summed E-state index contributed by atoms with van der Waals surface area (Å²) in [7, 11) is 0. The Morgan fingerprint density at radius 3 is 2.92 bits per heavy atom. The van der Waals surface area contributed by atoms with Crippen molar-refractivity contribution in [2.24, 2.45) is 0 Å². The Morgan fingerprint density at radius 1 is 1.35 bits per heavy atom. The highest BCUT2D eigenvalue weighted by molar-refractivity contribution is 5.93. The predicted molar refractivity (Wildman–Crippen MR) is 90.7 cm³/mol. The minimum absolute atomic E-state index is 0.0585. The topological polar surface area (TPSA) is 113 Å². The second kappa shape index (κ2) is 5.95. The minimum atomic E-state index is -0.681. The molecule has 0 aromatic carbocycles. The third kappa shape index (κ3) is 2.53. The van der Waals surface area contributed by atoms with Crippen molar-refractivity contribution in [2.45, 2.75) is 26.1 Å². The van der Waals surface area contributed by atoms with Crippen LogP contribution in [0.1, 0.15) is 34.8 Å². The van der Waals surface area contributed by atoms with Crippen LogP contribution in [0.25, 0.3) is 5.65 Å². The Bertz CT molecular complexity index is 1070. The molecule has 4 heterocycles. The van der Waals surface area contributed by atoms with Crippen molar-refractivity contribution in [2.75, 3.05) is 6.54 Å². The van der Waals surface area contributed by atoms with E-state index in [9.17, 15) is 19.8 Å². The summed E-state index contributed by atoms with van der Waals surface area (Å²) in [6.07, 6.45) is 1.98. The van der Waals surface area contributed by atoms with Crippen LogP contribution in [0, 0.1) is 0 Å². The molecule has 3 aromatic rings. The monoisotopic (exact) mass is 355 g/mol. The number of aliphatic hydroxyl groups excluding tert-OH is 1. The van der Waals surface area contributed by atoms with Crippen LogP contribution in [-0.2, 0) is 13.1 Å². The molecule has 0 unspecified atom stereocenters. The maximum Gasteiger partial charge on any atom is 0.270 e. The van der Waals surface area contributed by atoms with Gasteiger partial charge in [0, 0.05) is 18.9 Å². The second-order valence-corrected chi connectivity index (χ2v) is 6.25. The first kappa shape index (κ1) is 16.3. The first-order valence-corrected chi connectivity index (χ1v) is 8.19. The van der Waals surface area contributed by atoms with E-state index in [0.717, 1.165) is 10.1 Å². The summed E-state index contributed by atoms with van der Waals surface area (Å²) >= 11 is 0. The number of carbonyl (C=O) groups is 1. The lowest BCUT2D eigenvalue weighted by Gasteiger charge is -2.27. The number of rotatable bonds is 2. The van der Waals surface area contributed by atoms with Crippen molar-refractivity contribution >= 4 is 11.6 Å². The lowest BCUT2D eigenvalue weighted by atomic mass is 10.2. The van der Waals surface area contributed by atoms with Crippen LogP contribution in [-0.4, -0.2) is 46.7 Å². The van der Waals surface area contributed by atoms with Gasteiger partial charge in [-0.05, 0) is 25.1 Å². The molecule has 1 aliphatic heterocycles. The molecule has 134 valence electrons. The number of pyridine rings is 1. The van der Waals surface area contributed by atoms with Crippen molar-refractivity contribution in [1.82, 2.24) is 24.1 Å². The van der Waals surface area contributed by atoms with Crippen molar-refractivity contribution < 1.29 is 15.0 Å². The van der Waals surface area contributed by atoms with Crippen LogP contribution in [0.2, 0.25) is 0 Å². The summed E-state index contributed by atoms with van der Waals surface area (Å²) in [5.74, 6) is -0.553. The van der Waals surface area contributed by atoms with Gasteiger partial charge in [0.05, 0.1) is 30.6 Å². The smallest absolute Gasteiger partial charge is 0.270 e. The molecule has 0 spiro atoms. The molecule has 3 aromatic heterocycles. The van der Waals surface area contributed by atoms with Crippen LogP contribution >= 0.6 is 0 Å². The number of carbonyl (C=O) groups excluding carboxylic acids is 1. The first-order valence-electron chi connectivity index (χ1n) is 8.19. The molecule has 1 aliphatic rings. The molecule has 26 heavy (non-hydrogen) atoms. The van der Waals surface area contributed by atoms with E-state index in [1.165, 1.54) is 24.5 Å². The molecule has 9 heteroatoms. The summed E-state index contributed by atoms with van der Waals surface area (Å²) in [4.78, 5) is 31.0. The van der Waals surface area contributed by atoms with Gasteiger partial charge in [-0.3, -0.25) is 18.7 Å². The minimum Gasteiger partial charge on any atom is -0.504 e. The Labute approximate surface area is 147 Å². The zero-order chi connectivity index (χ0) is 18.4. The number of fused-ring (bicyclic) bond motifs is 2. The third-order valence-corrected chi connectivity index (χ3v) is 4.47. The van der Waals surface area contributed by atoms with Gasteiger partial charge in [0.25, 0.3) is 11.5 Å². The van der Waals surface area contributed by atoms with Gasteiger partial charge in [0.2, 0.25) is 0 Å². The second-order valence-electron chi connectivity index (χ2n) is 6.25. The van der Waals surface area contributed by atoms with Crippen molar-refractivity contribution in [3.8, 4) is 5.75 Å². The molecular formula is C17H17N5O4. The number of amides is 1. The molecule has 0 bridgehead atoms. The van der Waals surface area contributed by atoms with Crippen LogP contribution in [0.4, 0.5) is 0 Å². The molecule has 9 nitrogen and oxygen atoms in total. The fraction of sp³-hybridized carbons (Fsp3) is 0.294. The fourth-order valence-corrected chi connectivity index (χ4v) is 3.07. The molecular weight excluding hydrogens is 338 g/mol. The van der Waals surface area contributed by atoms with Gasteiger partial charge in [-0.2, -0.15) is 5.10 Å². The first-order chi connectivity index (χ1) is 12.5. The van der Waals surface area contributed by atoms with E-state index in [4.69, 9.17) is 0 Å². The van der Waals surface area contributed by atoms with E-state index in [1.807, 2.05) is 0 Å². The van der Waals surface area contributed by atoms with E-state index in [2.05, 4.69) is 10.1 Å². The number of aliphatic hydroxyl groups is 1. The predicted octanol–water partition coefficient (Wildman–Crippen LogP) is 0.306. The van der Waals surface area contributed by atoms with Gasteiger partial charge < -0.3 is 15.1 Å². The average Bonchev–Trinajstić information content (AvgIpc) is 3.06. The molecule has 0 aliphatic carbocycles. The number of nitrogens with zero attached hydrogens (tertiary/aromatic N) is 5. The van der Waals surface area contributed by atoms with E-state index >= 15 is 0 Å². The standard InChI is InChI=1S/C17H17N5O4/c1-10(23)13-7-11-9-20(5-6-22(11)19-13)16(25)12-8-18-15-14(24)3-2-4-21(15)17(12)26/h2-4,7-8,10,23-24H,5-6,9H2,1H3/t10-/m0/s1. The fourth-order valence-electron chi connectivity index (χ4n) is 3.07. The molecule has 1 atom stereocenters. The third-order valence-electron chi connectivity index (χ3n) is 4.47. The van der Waals surface area contributed by atoms with E-state index in [1.54, 1.807) is 22.6 Å². The summed E-state index contributed by atoms with van der Waals surface area (Å²) in [5.41, 5.74) is 0.869. The van der Waals surface area contributed by atoms with Crippen LogP contribution in [0.3, 0.4) is 0 Å². The molecule has 4 rings (SSSR count). The highest BCUT2D eigenvalue weighted by atomic mass is 16.3. The lowest BCUT2D eigenvalue weighted by Crippen LogP contribution is -2.41. The number of hydrogen-bond acceptors (Lipinski definition) is 6. The van der Waals surface area contributed by atoms with Crippen molar-refractivity contribution in [3.63, 3.8) is 0 Å². The van der Waals surface area contributed by atoms with Gasteiger partial charge in [0.1, 0.15) is 5.56 Å². The highest BCUT2D eigenvalue weighted by Gasteiger charge is 2.26. The summed E-state index contributed by atoms with van der Waals surface area (Å²) in [6.45, 7) is 2.81. The maximum absolute atomic E-state index is 12.8. The highest BCUT2D eigenvalue weighted by Crippen LogP contribution is 2.19. The number of hydrogen-bond donors (Lipinski definition) is 2. The SMILES string of the molecule is C[C@H](O)c1cc2n(n1)CCN(C(=O)c1cnc3c(O)cccn3c1=O)C2. The Hall–Kier alpha value is -3.20. The molecule has 0 saturated carbocycles. The van der Waals surface area contributed by atoms with Crippen LogP contribution in [0.15, 0.2) is 35.4 Å². The Balaban J connectivity index is 1.67. The number of aromatic nitrogens is 4. The Morgan fingerprint density at radius 2 is 2.15 bits per heavy atom. The zero-order valence-electron chi connectivity index (χ0n) is 14.0. The molecule has 0 fully saturated rings. The van der Waals surface area contributed by atoms with Gasteiger partial charge in [-0.1, -0.05) is 0 Å². The quantitative estimate of drug-likeness (QED) is 0.684. The van der Waals surface area contributed by atoms with Gasteiger partial charge >= 0.3 is 0 Å². The van der Waals surface area contributed by atoms with Crippen molar-refractivity contribution in [3.05, 3.63) is 57.9 Å². The van der Waals surface area contributed by atoms with Gasteiger partial charge in [-0.25, -0.2) is 4.98 Å². The molecule has 2 N–H and O–H groups in total. The summed E-state index contributed by atoms with van der Waals surface area (Å²) in [6, 6.07) is 4.69. The zero-order valence-corrected chi connectivity index (χ0v) is 14.0. The van der Waals surface area contributed by atoms with Crippen LogP contribution < -0.4 is 5.56 Å². The lowest BCUT2D eigenvalue weighted by molar-refractivity contribution is 0.0703.